The molecule has 0 fully saturated rings. The van der Waals surface area contributed by atoms with E-state index in [9.17, 15) is 0 Å². The maximum Gasteiger partial charge on any atom is 0.282 e. The molecular formula is C13H18N3O+. The van der Waals surface area contributed by atoms with Crippen molar-refractivity contribution in [1.82, 2.24) is 10.1 Å². The number of aromatic nitrogens is 2. The molecule has 0 spiro atoms. The zero-order chi connectivity index (χ0) is 12.3. The molecular weight excluding hydrogens is 214 g/mol. The van der Waals surface area contributed by atoms with E-state index in [-0.39, 0.29) is 5.54 Å². The highest BCUT2D eigenvalue weighted by atomic mass is 16.5. The third-order valence-corrected chi connectivity index (χ3v) is 2.39. The smallest absolute Gasteiger partial charge is 0.282 e. The van der Waals surface area contributed by atoms with Gasteiger partial charge >= 0.3 is 0 Å². The van der Waals surface area contributed by atoms with Gasteiger partial charge in [-0.05, 0) is 20.8 Å². The summed E-state index contributed by atoms with van der Waals surface area (Å²) < 4.78 is 5.22. The van der Waals surface area contributed by atoms with Crippen LogP contribution in [0.2, 0.25) is 0 Å². The van der Waals surface area contributed by atoms with Crippen molar-refractivity contribution in [2.24, 2.45) is 0 Å². The predicted octanol–water partition coefficient (Wildman–Crippen LogP) is 1.60. The van der Waals surface area contributed by atoms with Gasteiger partial charge in [-0.15, -0.1) is 0 Å². The van der Waals surface area contributed by atoms with Crippen LogP contribution in [-0.2, 0) is 6.54 Å². The van der Waals surface area contributed by atoms with E-state index in [1.807, 2.05) is 30.3 Å². The molecule has 90 valence electrons. The average Bonchev–Trinajstić information content (AvgIpc) is 2.75. The molecule has 0 radical (unpaired) electrons. The molecule has 2 aromatic rings. The first-order valence-electron chi connectivity index (χ1n) is 5.77. The highest BCUT2D eigenvalue weighted by Crippen LogP contribution is 2.14. The number of nitrogens with two attached hydrogens (primary N) is 1. The monoisotopic (exact) mass is 232 g/mol. The van der Waals surface area contributed by atoms with Crippen LogP contribution >= 0.6 is 0 Å². The van der Waals surface area contributed by atoms with Crippen molar-refractivity contribution < 1.29 is 9.84 Å². The summed E-state index contributed by atoms with van der Waals surface area (Å²) >= 11 is 0. The average molecular weight is 232 g/mol. The van der Waals surface area contributed by atoms with E-state index in [1.54, 1.807) is 0 Å². The molecule has 1 aromatic carbocycles. The number of quaternary nitrogens is 1. The van der Waals surface area contributed by atoms with Gasteiger partial charge in [0, 0.05) is 5.56 Å². The van der Waals surface area contributed by atoms with E-state index in [4.69, 9.17) is 4.52 Å². The molecule has 1 aromatic heterocycles. The van der Waals surface area contributed by atoms with Crippen LogP contribution in [0.3, 0.4) is 0 Å². The fourth-order valence-electron chi connectivity index (χ4n) is 1.44. The zero-order valence-corrected chi connectivity index (χ0v) is 10.5. The van der Waals surface area contributed by atoms with Crippen molar-refractivity contribution >= 4 is 0 Å². The predicted molar refractivity (Wildman–Crippen MR) is 65.1 cm³/mol. The van der Waals surface area contributed by atoms with Gasteiger partial charge < -0.3 is 9.84 Å². The van der Waals surface area contributed by atoms with Gasteiger partial charge in [0.15, 0.2) is 6.54 Å². The Labute approximate surface area is 101 Å². The van der Waals surface area contributed by atoms with Crippen LogP contribution in [0.15, 0.2) is 34.9 Å². The molecule has 4 heteroatoms. The summed E-state index contributed by atoms with van der Waals surface area (Å²) in [6.45, 7) is 7.17. The molecule has 0 atom stereocenters. The second-order valence-electron chi connectivity index (χ2n) is 5.15. The van der Waals surface area contributed by atoms with Crippen molar-refractivity contribution in [1.29, 1.82) is 0 Å². The lowest BCUT2D eigenvalue weighted by molar-refractivity contribution is -0.733. The summed E-state index contributed by atoms with van der Waals surface area (Å²) in [5.41, 5.74) is 1.15. The maximum absolute atomic E-state index is 5.22. The van der Waals surface area contributed by atoms with Crippen LogP contribution in [0.4, 0.5) is 0 Å². The van der Waals surface area contributed by atoms with Crippen molar-refractivity contribution in [2.45, 2.75) is 32.9 Å². The van der Waals surface area contributed by atoms with Gasteiger partial charge in [0.1, 0.15) is 0 Å². The van der Waals surface area contributed by atoms with E-state index in [2.05, 4.69) is 36.2 Å². The Morgan fingerprint density at radius 1 is 1.18 bits per heavy atom. The summed E-state index contributed by atoms with van der Waals surface area (Å²) in [4.78, 5) is 4.37. The summed E-state index contributed by atoms with van der Waals surface area (Å²) in [5.74, 6) is 1.32. The van der Waals surface area contributed by atoms with Crippen LogP contribution in [0.5, 0.6) is 0 Å². The minimum Gasteiger partial charge on any atom is -0.334 e. The highest BCUT2D eigenvalue weighted by Gasteiger charge is 2.16. The molecule has 0 saturated carbocycles. The summed E-state index contributed by atoms with van der Waals surface area (Å²) in [7, 11) is 0. The number of rotatable bonds is 3. The molecule has 0 saturated heterocycles. The summed E-state index contributed by atoms with van der Waals surface area (Å²) in [5, 5.41) is 6.16. The van der Waals surface area contributed by atoms with Gasteiger partial charge in [-0.2, -0.15) is 4.98 Å². The molecule has 0 amide bonds. The molecule has 4 nitrogen and oxygen atoms in total. The Bertz CT molecular complexity index is 471. The van der Waals surface area contributed by atoms with Gasteiger partial charge in [0.05, 0.1) is 5.54 Å². The van der Waals surface area contributed by atoms with E-state index >= 15 is 0 Å². The van der Waals surface area contributed by atoms with E-state index in [0.717, 1.165) is 5.56 Å². The van der Waals surface area contributed by atoms with E-state index in [1.165, 1.54) is 0 Å². The van der Waals surface area contributed by atoms with Crippen molar-refractivity contribution in [3.8, 4) is 11.4 Å². The third kappa shape index (κ3) is 3.39. The fourth-order valence-corrected chi connectivity index (χ4v) is 1.44. The molecule has 0 aliphatic heterocycles. The van der Waals surface area contributed by atoms with E-state index < -0.39 is 0 Å². The van der Waals surface area contributed by atoms with Crippen molar-refractivity contribution in [3.63, 3.8) is 0 Å². The standard InChI is InChI=1S/C13H17N3O/c1-13(2,3)14-9-11-15-12(16-17-11)10-7-5-4-6-8-10/h4-8,14H,9H2,1-3H3/p+1. The lowest BCUT2D eigenvalue weighted by Crippen LogP contribution is -2.93. The lowest BCUT2D eigenvalue weighted by Gasteiger charge is -2.14. The minimum atomic E-state index is 0.168. The van der Waals surface area contributed by atoms with Crippen molar-refractivity contribution in [2.75, 3.05) is 0 Å². The molecule has 0 aliphatic rings. The molecule has 1 heterocycles. The molecule has 2 rings (SSSR count). The number of nitrogens with zero attached hydrogens (tertiary/aromatic N) is 2. The second-order valence-corrected chi connectivity index (χ2v) is 5.15. The Kier molecular flexibility index (Phi) is 3.24. The quantitative estimate of drug-likeness (QED) is 0.874. The first-order valence-corrected chi connectivity index (χ1v) is 5.77. The van der Waals surface area contributed by atoms with Crippen LogP contribution in [0.1, 0.15) is 26.7 Å². The van der Waals surface area contributed by atoms with E-state index in [0.29, 0.717) is 18.3 Å². The molecule has 0 aliphatic carbocycles. The third-order valence-electron chi connectivity index (χ3n) is 2.39. The minimum absolute atomic E-state index is 0.168. The Hall–Kier alpha value is -1.68. The molecule has 0 unspecified atom stereocenters. The van der Waals surface area contributed by atoms with Crippen molar-refractivity contribution in [3.05, 3.63) is 36.2 Å². The van der Waals surface area contributed by atoms with Gasteiger partial charge in [-0.3, -0.25) is 0 Å². The molecule has 2 N–H and O–H groups in total. The molecule has 17 heavy (non-hydrogen) atoms. The van der Waals surface area contributed by atoms with Crippen LogP contribution < -0.4 is 5.32 Å². The van der Waals surface area contributed by atoms with Gasteiger partial charge in [-0.25, -0.2) is 0 Å². The van der Waals surface area contributed by atoms with Gasteiger partial charge in [0.25, 0.3) is 5.89 Å². The van der Waals surface area contributed by atoms with Gasteiger partial charge in [-0.1, -0.05) is 35.5 Å². The number of benzene rings is 1. The van der Waals surface area contributed by atoms with Crippen LogP contribution in [0.25, 0.3) is 11.4 Å². The van der Waals surface area contributed by atoms with Crippen LogP contribution in [-0.4, -0.2) is 15.7 Å². The Balaban J connectivity index is 2.07. The number of hydrogen-bond acceptors (Lipinski definition) is 3. The highest BCUT2D eigenvalue weighted by molar-refractivity contribution is 5.53. The largest absolute Gasteiger partial charge is 0.334 e. The topological polar surface area (TPSA) is 55.5 Å². The summed E-state index contributed by atoms with van der Waals surface area (Å²) in [6.07, 6.45) is 0. The number of hydrogen-bond donors (Lipinski definition) is 1. The first kappa shape index (κ1) is 11.8. The lowest BCUT2D eigenvalue weighted by atomic mass is 10.1. The van der Waals surface area contributed by atoms with Crippen LogP contribution in [0, 0.1) is 0 Å². The Morgan fingerprint density at radius 2 is 1.88 bits per heavy atom. The second kappa shape index (κ2) is 4.67. The normalized spacial score (nSPS) is 11.7. The first-order chi connectivity index (χ1) is 8.04. The zero-order valence-electron chi connectivity index (χ0n) is 10.5. The molecule has 0 bridgehead atoms. The maximum atomic E-state index is 5.22. The van der Waals surface area contributed by atoms with Gasteiger partial charge in [0.2, 0.25) is 5.82 Å². The SMILES string of the molecule is CC(C)(C)[NH2+]Cc1nc(-c2ccccc2)no1. The fraction of sp³-hybridized carbons (Fsp3) is 0.385. The summed E-state index contributed by atoms with van der Waals surface area (Å²) in [6, 6.07) is 9.85. The Morgan fingerprint density at radius 3 is 2.53 bits per heavy atom.